The molecular weight excluding hydrogens is 338 g/mol. The van der Waals surface area contributed by atoms with Crippen molar-refractivity contribution in [2.45, 2.75) is 38.5 Å². The van der Waals surface area contributed by atoms with Crippen LogP contribution in [0.4, 0.5) is 20.5 Å². The van der Waals surface area contributed by atoms with Crippen molar-refractivity contribution in [1.82, 2.24) is 19.9 Å². The number of alkyl halides is 2. The smallest absolute Gasteiger partial charge is 0.280 e. The molecule has 2 aromatic heterocycles. The molecule has 0 unspecified atom stereocenters. The fourth-order valence-corrected chi connectivity index (χ4v) is 3.10. The summed E-state index contributed by atoms with van der Waals surface area (Å²) in [4.78, 5) is 21.6. The lowest BCUT2D eigenvalue weighted by atomic mass is 10.2. The Bertz CT molecular complexity index is 735. The monoisotopic (exact) mass is 360 g/mol. The van der Waals surface area contributed by atoms with Gasteiger partial charge in [-0.2, -0.15) is 0 Å². The topological polar surface area (TPSA) is 58.0 Å². The molecule has 1 saturated heterocycles. The van der Waals surface area contributed by atoms with E-state index in [1.54, 1.807) is 0 Å². The highest BCUT2D eigenvalue weighted by Crippen LogP contribution is 2.39. The van der Waals surface area contributed by atoms with Gasteiger partial charge in [-0.15, -0.1) is 0 Å². The number of halogens is 2. The minimum absolute atomic E-state index is 0.169. The number of aryl methyl sites for hydroxylation is 1. The Morgan fingerprint density at radius 2 is 1.69 bits per heavy atom. The summed E-state index contributed by atoms with van der Waals surface area (Å²) < 4.78 is 26.4. The molecule has 0 amide bonds. The molecule has 26 heavy (non-hydrogen) atoms. The van der Waals surface area contributed by atoms with E-state index in [2.05, 4.69) is 36.7 Å². The average Bonchev–Trinajstić information content (AvgIpc) is 3.53. The summed E-state index contributed by atoms with van der Waals surface area (Å²) >= 11 is 0. The zero-order chi connectivity index (χ0) is 18.1. The predicted molar refractivity (Wildman–Crippen MR) is 94.8 cm³/mol. The zero-order valence-corrected chi connectivity index (χ0v) is 14.8. The molecule has 8 heteroatoms. The second-order valence-corrected chi connectivity index (χ2v) is 6.80. The highest BCUT2D eigenvalue weighted by molar-refractivity contribution is 5.44. The van der Waals surface area contributed by atoms with Crippen molar-refractivity contribution < 1.29 is 8.78 Å². The molecule has 0 N–H and O–H groups in total. The summed E-state index contributed by atoms with van der Waals surface area (Å²) in [5.74, 6) is 2.15. The highest BCUT2D eigenvalue weighted by atomic mass is 19.3. The summed E-state index contributed by atoms with van der Waals surface area (Å²) in [5, 5.41) is 0. The maximum Gasteiger partial charge on any atom is 0.280 e. The van der Waals surface area contributed by atoms with Crippen LogP contribution in [0.1, 0.15) is 49.2 Å². The van der Waals surface area contributed by atoms with E-state index in [1.807, 2.05) is 12.4 Å². The van der Waals surface area contributed by atoms with Gasteiger partial charge in [-0.05, 0) is 24.8 Å². The molecule has 6 nitrogen and oxygen atoms in total. The maximum atomic E-state index is 13.2. The van der Waals surface area contributed by atoms with E-state index < -0.39 is 6.43 Å². The lowest BCUT2D eigenvalue weighted by molar-refractivity contribution is 0.145. The molecule has 0 atom stereocenters. The Morgan fingerprint density at radius 3 is 2.27 bits per heavy atom. The van der Waals surface area contributed by atoms with Crippen LogP contribution in [0.3, 0.4) is 0 Å². The van der Waals surface area contributed by atoms with Crippen LogP contribution in [0.2, 0.25) is 0 Å². The normalized spacial score (nSPS) is 17.8. The van der Waals surface area contributed by atoms with Gasteiger partial charge < -0.3 is 9.80 Å². The summed E-state index contributed by atoms with van der Waals surface area (Å²) in [6.45, 7) is 4.93. The highest BCUT2D eigenvalue weighted by Gasteiger charge is 2.30. The standard InChI is InChI=1S/C18H22F2N6/c1-2-12-10-21-18(22-11-12)26-7-5-25(6-8-26)15-9-14(16(19)20)23-17(24-15)13-3-4-13/h9-11,13,16H,2-8H2,1H3. The van der Waals surface area contributed by atoms with Crippen LogP contribution in [0.5, 0.6) is 0 Å². The number of piperazine rings is 1. The first-order chi connectivity index (χ1) is 12.6. The van der Waals surface area contributed by atoms with Crippen LogP contribution < -0.4 is 9.80 Å². The van der Waals surface area contributed by atoms with Crippen LogP contribution in [0.15, 0.2) is 18.5 Å². The second kappa shape index (κ2) is 7.09. The van der Waals surface area contributed by atoms with Gasteiger partial charge in [0.2, 0.25) is 5.95 Å². The second-order valence-electron chi connectivity index (χ2n) is 6.80. The molecule has 138 valence electrons. The first kappa shape index (κ1) is 17.1. The number of hydrogen-bond acceptors (Lipinski definition) is 6. The number of aromatic nitrogens is 4. The van der Waals surface area contributed by atoms with Crippen LogP contribution in [-0.4, -0.2) is 46.1 Å². The Labute approximate surface area is 151 Å². The van der Waals surface area contributed by atoms with Gasteiger partial charge in [-0.1, -0.05) is 6.92 Å². The van der Waals surface area contributed by atoms with Gasteiger partial charge in [0, 0.05) is 50.6 Å². The van der Waals surface area contributed by atoms with E-state index in [1.165, 1.54) is 6.07 Å². The van der Waals surface area contributed by atoms with Gasteiger partial charge in [-0.25, -0.2) is 28.7 Å². The van der Waals surface area contributed by atoms with Crippen molar-refractivity contribution in [2.24, 2.45) is 0 Å². The fraction of sp³-hybridized carbons (Fsp3) is 0.556. The molecule has 2 aromatic rings. The van der Waals surface area contributed by atoms with Crippen molar-refractivity contribution in [3.05, 3.63) is 35.5 Å². The summed E-state index contributed by atoms with van der Waals surface area (Å²) in [7, 11) is 0. The Kier molecular flexibility index (Phi) is 4.65. The van der Waals surface area contributed by atoms with Gasteiger partial charge in [0.1, 0.15) is 17.3 Å². The number of anilines is 2. The van der Waals surface area contributed by atoms with Crippen LogP contribution in [0.25, 0.3) is 0 Å². The van der Waals surface area contributed by atoms with Crippen molar-refractivity contribution in [1.29, 1.82) is 0 Å². The van der Waals surface area contributed by atoms with Gasteiger partial charge in [-0.3, -0.25) is 0 Å². The van der Waals surface area contributed by atoms with E-state index in [9.17, 15) is 8.78 Å². The molecule has 2 aliphatic rings. The molecule has 4 rings (SSSR count). The number of nitrogens with zero attached hydrogens (tertiary/aromatic N) is 6. The Balaban J connectivity index is 1.47. The minimum atomic E-state index is -2.57. The fourth-order valence-electron chi connectivity index (χ4n) is 3.10. The molecule has 3 heterocycles. The van der Waals surface area contributed by atoms with Crippen molar-refractivity contribution in [3.63, 3.8) is 0 Å². The molecular formula is C18H22F2N6. The summed E-state index contributed by atoms with van der Waals surface area (Å²) in [6, 6.07) is 1.43. The number of rotatable bonds is 5. The van der Waals surface area contributed by atoms with Gasteiger partial charge in [0.05, 0.1) is 0 Å². The summed E-state index contributed by atoms with van der Waals surface area (Å²) in [5.41, 5.74) is 0.943. The molecule has 0 aromatic carbocycles. The van der Waals surface area contributed by atoms with Crippen molar-refractivity contribution in [3.8, 4) is 0 Å². The quantitative estimate of drug-likeness (QED) is 0.817. The average molecular weight is 360 g/mol. The SMILES string of the molecule is CCc1cnc(N2CCN(c3cc(C(F)F)nc(C4CC4)n3)CC2)nc1. The van der Waals surface area contributed by atoms with E-state index in [0.717, 1.165) is 43.9 Å². The van der Waals surface area contributed by atoms with E-state index >= 15 is 0 Å². The minimum Gasteiger partial charge on any atom is -0.353 e. The zero-order valence-electron chi connectivity index (χ0n) is 14.8. The third kappa shape index (κ3) is 3.59. The third-order valence-corrected chi connectivity index (χ3v) is 4.90. The first-order valence-corrected chi connectivity index (χ1v) is 9.12. The van der Waals surface area contributed by atoms with Crippen LogP contribution >= 0.6 is 0 Å². The van der Waals surface area contributed by atoms with Crippen molar-refractivity contribution in [2.75, 3.05) is 36.0 Å². The molecule has 1 aliphatic heterocycles. The Morgan fingerprint density at radius 1 is 1.04 bits per heavy atom. The predicted octanol–water partition coefficient (Wildman–Crippen LogP) is 2.97. The molecule has 1 aliphatic carbocycles. The first-order valence-electron chi connectivity index (χ1n) is 9.12. The van der Waals surface area contributed by atoms with Gasteiger partial charge in [0.25, 0.3) is 6.43 Å². The maximum absolute atomic E-state index is 13.2. The van der Waals surface area contributed by atoms with Gasteiger partial charge >= 0.3 is 0 Å². The molecule has 0 spiro atoms. The van der Waals surface area contributed by atoms with Gasteiger partial charge in [0.15, 0.2) is 0 Å². The largest absolute Gasteiger partial charge is 0.353 e. The van der Waals surface area contributed by atoms with Crippen LogP contribution in [-0.2, 0) is 6.42 Å². The third-order valence-electron chi connectivity index (χ3n) is 4.90. The molecule has 1 saturated carbocycles. The van der Waals surface area contributed by atoms with E-state index in [0.29, 0.717) is 24.7 Å². The lowest BCUT2D eigenvalue weighted by Gasteiger charge is -2.35. The van der Waals surface area contributed by atoms with Crippen LogP contribution in [0, 0.1) is 0 Å². The van der Waals surface area contributed by atoms with E-state index in [4.69, 9.17) is 0 Å². The van der Waals surface area contributed by atoms with E-state index in [-0.39, 0.29) is 11.6 Å². The number of hydrogen-bond donors (Lipinski definition) is 0. The Hall–Kier alpha value is -2.38. The molecule has 2 fully saturated rings. The lowest BCUT2D eigenvalue weighted by Crippen LogP contribution is -2.47. The van der Waals surface area contributed by atoms with Crippen molar-refractivity contribution >= 4 is 11.8 Å². The summed E-state index contributed by atoms with van der Waals surface area (Å²) in [6.07, 6.45) is 4.04. The molecule has 0 bridgehead atoms. The molecule has 0 radical (unpaired) electrons.